The zero-order valence-electron chi connectivity index (χ0n) is 30.8. The van der Waals surface area contributed by atoms with Gasteiger partial charge in [-0.1, -0.05) is 99.8 Å². The van der Waals surface area contributed by atoms with Gasteiger partial charge in [0.2, 0.25) is 10.0 Å². The van der Waals surface area contributed by atoms with Crippen LogP contribution in [0.2, 0.25) is 0 Å². The second kappa shape index (κ2) is 19.7. The number of Topliss-reactive ketones (excluding diaryl/α,β-unsaturated/α-hetero) is 1. The molecule has 280 valence electrons. The second-order valence-corrected chi connectivity index (χ2v) is 17.5. The van der Waals surface area contributed by atoms with Gasteiger partial charge in [0, 0.05) is 25.0 Å². The zero-order chi connectivity index (χ0) is 36.8. The fraction of sp³-hybridized carbons (Fsp3) is 0.743. The molecule has 2 rings (SSSR count). The number of ketones is 1. The molecule has 0 spiro atoms. The first-order chi connectivity index (χ1) is 23.1. The van der Waals surface area contributed by atoms with Crippen LogP contribution in [0.4, 0.5) is 5.69 Å². The Morgan fingerprint density at radius 1 is 0.898 bits per heavy atom. The lowest BCUT2D eigenvalue weighted by Gasteiger charge is -2.30. The maximum absolute atomic E-state index is 14.1. The Balaban J connectivity index is 2.58. The van der Waals surface area contributed by atoms with Crippen LogP contribution in [0.3, 0.4) is 0 Å². The van der Waals surface area contributed by atoms with Crippen molar-refractivity contribution in [2.75, 3.05) is 38.1 Å². The SMILES string of the molecule is CCCCCCCCOc1ccc(S(=O)(=O)N(CCCC)CCCC)cc1NC(=O)C(C(=O)C(C)(C)C)N1C(=O)CN(CCCC)S1(=O)=O. The van der Waals surface area contributed by atoms with Gasteiger partial charge in [0.15, 0.2) is 11.8 Å². The van der Waals surface area contributed by atoms with Crippen LogP contribution in [0.1, 0.15) is 126 Å². The quantitative estimate of drug-likeness (QED) is 0.105. The molecule has 2 amide bonds. The molecule has 1 saturated heterocycles. The average Bonchev–Trinajstić information content (AvgIpc) is 3.26. The van der Waals surface area contributed by atoms with Gasteiger partial charge in [-0.2, -0.15) is 17.0 Å². The summed E-state index contributed by atoms with van der Waals surface area (Å²) in [5.74, 6) is -2.55. The van der Waals surface area contributed by atoms with Crippen molar-refractivity contribution in [2.24, 2.45) is 5.41 Å². The number of amides is 2. The highest BCUT2D eigenvalue weighted by atomic mass is 32.2. The third-order valence-electron chi connectivity index (χ3n) is 8.49. The molecule has 49 heavy (non-hydrogen) atoms. The normalized spacial score (nSPS) is 15.9. The number of rotatable bonds is 23. The number of nitrogens with zero attached hydrogens (tertiary/aromatic N) is 3. The van der Waals surface area contributed by atoms with Crippen molar-refractivity contribution in [1.29, 1.82) is 0 Å². The fourth-order valence-corrected chi connectivity index (χ4v) is 8.63. The highest BCUT2D eigenvalue weighted by Crippen LogP contribution is 2.33. The lowest BCUT2D eigenvalue weighted by molar-refractivity contribution is -0.141. The van der Waals surface area contributed by atoms with Crippen molar-refractivity contribution in [2.45, 2.75) is 136 Å². The Kier molecular flexibility index (Phi) is 17.2. The van der Waals surface area contributed by atoms with Gasteiger partial charge in [-0.15, -0.1) is 0 Å². The van der Waals surface area contributed by atoms with Crippen LogP contribution in [0.15, 0.2) is 23.1 Å². The molecule has 0 radical (unpaired) electrons. The topological polar surface area (TPSA) is 150 Å². The maximum atomic E-state index is 14.1. The Labute approximate surface area is 295 Å². The number of sulfonamides is 1. The molecule has 0 bridgehead atoms. The molecule has 1 aromatic carbocycles. The minimum Gasteiger partial charge on any atom is -0.491 e. The highest BCUT2D eigenvalue weighted by Gasteiger charge is 2.52. The van der Waals surface area contributed by atoms with Crippen LogP contribution in [0.5, 0.6) is 5.75 Å². The predicted octanol–water partition coefficient (Wildman–Crippen LogP) is 6.13. The molecule has 14 heteroatoms. The van der Waals surface area contributed by atoms with Gasteiger partial charge in [-0.05, 0) is 43.9 Å². The number of hydrogen-bond acceptors (Lipinski definition) is 8. The molecule has 1 aliphatic heterocycles. The summed E-state index contributed by atoms with van der Waals surface area (Å²) in [5.41, 5.74) is -1.22. The first-order valence-electron chi connectivity index (χ1n) is 18.0. The van der Waals surface area contributed by atoms with Crippen LogP contribution in [-0.4, -0.2) is 86.2 Å². The molecule has 0 aromatic heterocycles. The predicted molar refractivity (Wildman–Crippen MR) is 193 cm³/mol. The van der Waals surface area contributed by atoms with E-state index in [-0.39, 0.29) is 22.9 Å². The van der Waals surface area contributed by atoms with E-state index < -0.39 is 55.8 Å². The molecule has 1 aliphatic rings. The van der Waals surface area contributed by atoms with Crippen molar-refractivity contribution in [3.8, 4) is 5.75 Å². The summed E-state index contributed by atoms with van der Waals surface area (Å²) in [7, 11) is -8.47. The van der Waals surface area contributed by atoms with Gasteiger partial charge in [-0.25, -0.2) is 12.7 Å². The Morgan fingerprint density at radius 2 is 1.47 bits per heavy atom. The largest absolute Gasteiger partial charge is 0.491 e. The van der Waals surface area contributed by atoms with Gasteiger partial charge >= 0.3 is 10.2 Å². The number of carbonyl (C=O) groups excluding carboxylic acids is 3. The molecule has 1 unspecified atom stereocenters. The summed E-state index contributed by atoms with van der Waals surface area (Å²) in [6.07, 6.45) is 10.3. The molecule has 0 saturated carbocycles. The van der Waals surface area contributed by atoms with Crippen LogP contribution in [-0.2, 0) is 34.6 Å². The number of ether oxygens (including phenoxy) is 1. The zero-order valence-corrected chi connectivity index (χ0v) is 32.4. The standard InChI is InChI=1S/C35H60N4O8S2/c1-8-12-16-17-18-19-25-47-30-21-20-28(48(43,44)37(22-13-9-2)23-14-10-3)26-29(30)36-34(42)32(33(41)35(5,6)7)39-31(40)27-38(24-15-11-4)49(39,45)46/h20-21,26,32H,8-19,22-25,27H2,1-7H3,(H,36,42). The van der Waals surface area contributed by atoms with E-state index in [1.54, 1.807) is 20.8 Å². The summed E-state index contributed by atoms with van der Waals surface area (Å²) in [6, 6.07) is 2.19. The number of benzene rings is 1. The molecule has 0 aliphatic carbocycles. The van der Waals surface area contributed by atoms with Gasteiger partial charge in [0.25, 0.3) is 11.8 Å². The maximum Gasteiger partial charge on any atom is 0.307 e. The monoisotopic (exact) mass is 728 g/mol. The van der Waals surface area contributed by atoms with E-state index >= 15 is 0 Å². The molecular formula is C35H60N4O8S2. The second-order valence-electron chi connectivity index (χ2n) is 13.8. The van der Waals surface area contributed by atoms with E-state index in [0.29, 0.717) is 49.7 Å². The molecule has 1 atom stereocenters. The van der Waals surface area contributed by atoms with Crippen LogP contribution in [0, 0.1) is 5.41 Å². The van der Waals surface area contributed by atoms with Crippen molar-refractivity contribution >= 4 is 43.5 Å². The van der Waals surface area contributed by atoms with Gasteiger partial charge < -0.3 is 10.1 Å². The summed E-state index contributed by atoms with van der Waals surface area (Å²) in [4.78, 5) is 41.1. The Morgan fingerprint density at radius 3 is 2.04 bits per heavy atom. The van der Waals surface area contributed by atoms with Gasteiger partial charge in [-0.3, -0.25) is 14.4 Å². The average molecular weight is 729 g/mol. The van der Waals surface area contributed by atoms with Crippen LogP contribution in [0.25, 0.3) is 0 Å². The van der Waals surface area contributed by atoms with E-state index in [4.69, 9.17) is 4.74 Å². The number of unbranched alkanes of at least 4 members (excludes halogenated alkanes) is 8. The summed E-state index contributed by atoms with van der Waals surface area (Å²) in [5, 5.41) is 2.62. The molecule has 12 nitrogen and oxygen atoms in total. The summed E-state index contributed by atoms with van der Waals surface area (Å²) >= 11 is 0. The minimum atomic E-state index is -4.49. The molecular weight excluding hydrogens is 669 g/mol. The number of nitrogens with one attached hydrogen (secondary N) is 1. The third kappa shape index (κ3) is 11.8. The van der Waals surface area contributed by atoms with Gasteiger partial charge in [0.05, 0.1) is 23.7 Å². The van der Waals surface area contributed by atoms with E-state index in [9.17, 15) is 31.2 Å². The van der Waals surface area contributed by atoms with E-state index in [2.05, 4.69) is 12.2 Å². The molecule has 1 aromatic rings. The minimum absolute atomic E-state index is 0.0263. The lowest BCUT2D eigenvalue weighted by Crippen LogP contribution is -2.55. The van der Waals surface area contributed by atoms with E-state index in [1.807, 2.05) is 20.8 Å². The molecule has 1 fully saturated rings. The van der Waals surface area contributed by atoms with Crippen molar-refractivity contribution in [3.63, 3.8) is 0 Å². The Hall–Kier alpha value is -2.55. The van der Waals surface area contributed by atoms with Crippen LogP contribution < -0.4 is 10.1 Å². The van der Waals surface area contributed by atoms with Gasteiger partial charge in [0.1, 0.15) is 5.75 Å². The van der Waals surface area contributed by atoms with Crippen molar-refractivity contribution < 1.29 is 36.0 Å². The van der Waals surface area contributed by atoms with E-state index in [1.165, 1.54) is 22.5 Å². The van der Waals surface area contributed by atoms with Crippen molar-refractivity contribution in [1.82, 2.24) is 12.9 Å². The lowest BCUT2D eigenvalue weighted by atomic mass is 9.86. The number of carbonyl (C=O) groups is 3. The van der Waals surface area contributed by atoms with Crippen molar-refractivity contribution in [3.05, 3.63) is 18.2 Å². The first-order valence-corrected chi connectivity index (χ1v) is 20.9. The van der Waals surface area contributed by atoms with E-state index in [0.717, 1.165) is 55.7 Å². The third-order valence-corrected chi connectivity index (χ3v) is 12.3. The van der Waals surface area contributed by atoms with Crippen LogP contribution >= 0.6 is 0 Å². The Bertz CT molecular complexity index is 1450. The fourth-order valence-electron chi connectivity index (χ4n) is 5.43. The first kappa shape index (κ1) is 42.6. The number of hydrogen-bond donors (Lipinski definition) is 1. The smallest absolute Gasteiger partial charge is 0.307 e. The number of anilines is 1. The summed E-state index contributed by atoms with van der Waals surface area (Å²) < 4.78 is 63.8. The summed E-state index contributed by atoms with van der Waals surface area (Å²) in [6.45, 7) is 13.2. The molecule has 1 N–H and O–H groups in total. The molecule has 1 heterocycles. The highest BCUT2D eigenvalue weighted by molar-refractivity contribution is 7.89.